The second kappa shape index (κ2) is 7.70. The van der Waals surface area contributed by atoms with Crippen LogP contribution < -0.4 is 10.5 Å². The lowest BCUT2D eigenvalue weighted by Crippen LogP contribution is -1.98. The second-order valence-electron chi connectivity index (χ2n) is 3.70. The highest BCUT2D eigenvalue weighted by atomic mass is 19.1. The third-order valence-electron chi connectivity index (χ3n) is 2.28. The van der Waals surface area contributed by atoms with Crippen molar-refractivity contribution in [2.45, 2.75) is 26.2 Å². The van der Waals surface area contributed by atoms with Crippen molar-refractivity contribution in [3.05, 3.63) is 29.6 Å². The molecule has 0 fully saturated rings. The van der Waals surface area contributed by atoms with E-state index in [2.05, 4.69) is 18.8 Å². The molecule has 1 rings (SSSR count). The molecule has 0 saturated heterocycles. The highest BCUT2D eigenvalue weighted by Gasteiger charge is 2.01. The van der Waals surface area contributed by atoms with Crippen molar-refractivity contribution in [1.29, 1.82) is 0 Å². The van der Waals surface area contributed by atoms with Crippen LogP contribution in [-0.2, 0) is 0 Å². The molecule has 2 N–H and O–H groups in total. The van der Waals surface area contributed by atoms with E-state index in [1.54, 1.807) is 12.1 Å². The van der Waals surface area contributed by atoms with Crippen molar-refractivity contribution in [3.8, 4) is 17.6 Å². The van der Waals surface area contributed by atoms with Gasteiger partial charge in [0.1, 0.15) is 11.6 Å². The van der Waals surface area contributed by atoms with Gasteiger partial charge < -0.3 is 10.5 Å². The molecular weight excluding hydrogens is 217 g/mol. The normalized spacial score (nSPS) is 9.59. The summed E-state index contributed by atoms with van der Waals surface area (Å²) in [5.41, 5.74) is 5.59. The van der Waals surface area contributed by atoms with E-state index < -0.39 is 0 Å². The third-order valence-corrected chi connectivity index (χ3v) is 2.28. The van der Waals surface area contributed by atoms with Gasteiger partial charge in [-0.15, -0.1) is 0 Å². The van der Waals surface area contributed by atoms with Gasteiger partial charge in [-0.3, -0.25) is 0 Å². The van der Waals surface area contributed by atoms with Crippen LogP contribution >= 0.6 is 0 Å². The summed E-state index contributed by atoms with van der Waals surface area (Å²) in [5, 5.41) is 0. The predicted molar refractivity (Wildman–Crippen MR) is 67.4 cm³/mol. The molecule has 17 heavy (non-hydrogen) atoms. The van der Waals surface area contributed by atoms with Gasteiger partial charge in [-0.05, 0) is 18.6 Å². The summed E-state index contributed by atoms with van der Waals surface area (Å²) in [5.74, 6) is 5.48. The Hall–Kier alpha value is -1.53. The molecule has 3 heteroatoms. The fourth-order valence-corrected chi connectivity index (χ4v) is 1.38. The number of nitrogens with two attached hydrogens (primary N) is 1. The zero-order chi connectivity index (χ0) is 12.5. The fourth-order valence-electron chi connectivity index (χ4n) is 1.38. The quantitative estimate of drug-likeness (QED) is 0.629. The van der Waals surface area contributed by atoms with E-state index in [4.69, 9.17) is 10.5 Å². The van der Waals surface area contributed by atoms with Crippen LogP contribution in [0.3, 0.4) is 0 Å². The van der Waals surface area contributed by atoms with Crippen molar-refractivity contribution in [2.24, 2.45) is 5.73 Å². The molecule has 92 valence electrons. The number of unbranched alkanes of at least 4 members (excludes halogenated alkanes) is 2. The smallest absolute Gasteiger partial charge is 0.142 e. The Kier molecular flexibility index (Phi) is 6.13. The van der Waals surface area contributed by atoms with Crippen molar-refractivity contribution in [2.75, 3.05) is 13.2 Å². The summed E-state index contributed by atoms with van der Waals surface area (Å²) < 4.78 is 19.0. The maximum Gasteiger partial charge on any atom is 0.142 e. The maximum atomic E-state index is 13.5. The van der Waals surface area contributed by atoms with Crippen LogP contribution in [0, 0.1) is 17.7 Å². The zero-order valence-electron chi connectivity index (χ0n) is 10.1. The first kappa shape index (κ1) is 13.5. The van der Waals surface area contributed by atoms with E-state index in [0.717, 1.165) is 19.3 Å². The van der Waals surface area contributed by atoms with Crippen molar-refractivity contribution in [3.63, 3.8) is 0 Å². The summed E-state index contributed by atoms with van der Waals surface area (Å²) in [6.07, 6.45) is 3.26. The summed E-state index contributed by atoms with van der Waals surface area (Å²) in [6, 6.07) is 4.72. The molecule has 0 saturated carbocycles. The van der Waals surface area contributed by atoms with Crippen molar-refractivity contribution < 1.29 is 9.13 Å². The minimum atomic E-state index is -0.362. The molecule has 0 spiro atoms. The summed E-state index contributed by atoms with van der Waals surface area (Å²) in [6.45, 7) is 2.99. The lowest BCUT2D eigenvalue weighted by Gasteiger charge is -2.06. The van der Waals surface area contributed by atoms with E-state index in [9.17, 15) is 4.39 Å². The van der Waals surface area contributed by atoms with Gasteiger partial charge in [0.15, 0.2) is 0 Å². The molecule has 0 aliphatic heterocycles. The summed E-state index contributed by atoms with van der Waals surface area (Å²) >= 11 is 0. The van der Waals surface area contributed by atoms with Gasteiger partial charge in [0.25, 0.3) is 0 Å². The Bertz CT molecular complexity index is 406. The van der Waals surface area contributed by atoms with Gasteiger partial charge >= 0.3 is 0 Å². The molecule has 0 atom stereocenters. The van der Waals surface area contributed by atoms with Gasteiger partial charge in [-0.1, -0.05) is 31.6 Å². The standard InChI is InChI=1S/C14H18FNO/c1-2-3-4-10-17-13-8-7-12(6-5-9-16)14(15)11-13/h7-8,11H,2-4,9-10,16H2,1H3. The Balaban J connectivity index is 2.56. The number of halogens is 1. The zero-order valence-corrected chi connectivity index (χ0v) is 10.1. The van der Waals surface area contributed by atoms with Gasteiger partial charge in [-0.25, -0.2) is 4.39 Å². The van der Waals surface area contributed by atoms with Crippen LogP contribution in [0.5, 0.6) is 5.75 Å². The van der Waals surface area contributed by atoms with E-state index >= 15 is 0 Å². The van der Waals surface area contributed by atoms with E-state index in [0.29, 0.717) is 17.9 Å². The fraction of sp³-hybridized carbons (Fsp3) is 0.429. The van der Waals surface area contributed by atoms with E-state index in [-0.39, 0.29) is 12.4 Å². The molecule has 0 unspecified atom stereocenters. The number of ether oxygens (including phenoxy) is 1. The molecule has 0 aliphatic carbocycles. The molecule has 0 aliphatic rings. The van der Waals surface area contributed by atoms with Crippen LogP contribution in [0.2, 0.25) is 0 Å². The SMILES string of the molecule is CCCCCOc1ccc(C#CCN)c(F)c1. The summed E-state index contributed by atoms with van der Waals surface area (Å²) in [7, 11) is 0. The predicted octanol–water partition coefficient (Wildman–Crippen LogP) is 2.70. The van der Waals surface area contributed by atoms with Crippen LogP contribution in [0.25, 0.3) is 0 Å². The maximum absolute atomic E-state index is 13.5. The first-order chi connectivity index (χ1) is 8.27. The van der Waals surface area contributed by atoms with Crippen LogP contribution in [0.4, 0.5) is 4.39 Å². The highest BCUT2D eigenvalue weighted by molar-refractivity contribution is 5.39. The van der Waals surface area contributed by atoms with Crippen molar-refractivity contribution >= 4 is 0 Å². The number of hydrogen-bond acceptors (Lipinski definition) is 2. The minimum absolute atomic E-state index is 0.231. The first-order valence-electron chi connectivity index (χ1n) is 5.89. The van der Waals surface area contributed by atoms with E-state index in [1.165, 1.54) is 6.07 Å². The highest BCUT2D eigenvalue weighted by Crippen LogP contribution is 2.16. The van der Waals surface area contributed by atoms with E-state index in [1.807, 2.05) is 0 Å². The molecule has 0 heterocycles. The second-order valence-corrected chi connectivity index (χ2v) is 3.70. The third kappa shape index (κ3) is 4.88. The average Bonchev–Trinajstić information content (AvgIpc) is 2.34. The Morgan fingerprint density at radius 3 is 2.82 bits per heavy atom. The largest absolute Gasteiger partial charge is 0.493 e. The lowest BCUT2D eigenvalue weighted by molar-refractivity contribution is 0.305. The van der Waals surface area contributed by atoms with Crippen LogP contribution in [0.15, 0.2) is 18.2 Å². The average molecular weight is 235 g/mol. The van der Waals surface area contributed by atoms with Gasteiger partial charge in [0.2, 0.25) is 0 Å². The first-order valence-corrected chi connectivity index (χ1v) is 5.89. The molecule has 0 amide bonds. The van der Waals surface area contributed by atoms with Gasteiger partial charge in [-0.2, -0.15) is 0 Å². The molecule has 1 aromatic carbocycles. The molecule has 2 nitrogen and oxygen atoms in total. The molecule has 0 radical (unpaired) electrons. The molecule has 1 aromatic rings. The Morgan fingerprint density at radius 2 is 2.18 bits per heavy atom. The van der Waals surface area contributed by atoms with Crippen LogP contribution in [0.1, 0.15) is 31.7 Å². The molecular formula is C14H18FNO. The minimum Gasteiger partial charge on any atom is -0.493 e. The Morgan fingerprint density at radius 1 is 1.35 bits per heavy atom. The molecule has 0 bridgehead atoms. The summed E-state index contributed by atoms with van der Waals surface area (Å²) in [4.78, 5) is 0. The monoisotopic (exact) mass is 235 g/mol. The van der Waals surface area contributed by atoms with Gasteiger partial charge in [0, 0.05) is 6.07 Å². The number of hydrogen-bond donors (Lipinski definition) is 1. The Labute approximate surface area is 102 Å². The van der Waals surface area contributed by atoms with Gasteiger partial charge in [0.05, 0.1) is 18.7 Å². The molecule has 0 aromatic heterocycles. The lowest BCUT2D eigenvalue weighted by atomic mass is 10.2. The van der Waals surface area contributed by atoms with Crippen LogP contribution in [-0.4, -0.2) is 13.2 Å². The number of rotatable bonds is 5. The van der Waals surface area contributed by atoms with Crippen molar-refractivity contribution in [1.82, 2.24) is 0 Å². The number of benzene rings is 1. The topological polar surface area (TPSA) is 35.2 Å².